The fourth-order valence-corrected chi connectivity index (χ4v) is 1.61. The molecule has 1 amide bonds. The predicted octanol–water partition coefficient (Wildman–Crippen LogP) is 2.00. The van der Waals surface area contributed by atoms with Gasteiger partial charge in [0.15, 0.2) is 11.5 Å². The van der Waals surface area contributed by atoms with Crippen LogP contribution in [-0.2, 0) is 4.79 Å². The van der Waals surface area contributed by atoms with E-state index in [1.54, 1.807) is 26.4 Å². The molecule has 96 valence electrons. The highest BCUT2D eigenvalue weighted by atomic mass is 16.5. The molecule has 0 aromatic heterocycles. The van der Waals surface area contributed by atoms with Crippen molar-refractivity contribution < 1.29 is 14.3 Å². The summed E-state index contributed by atoms with van der Waals surface area (Å²) in [6, 6.07) is 5.91. The van der Waals surface area contributed by atoms with Gasteiger partial charge in [-0.25, -0.2) is 0 Å². The summed E-state index contributed by atoms with van der Waals surface area (Å²) < 4.78 is 10.3. The molecule has 1 saturated carbocycles. The Kier molecular flexibility index (Phi) is 3.87. The van der Waals surface area contributed by atoms with Gasteiger partial charge in [0.05, 0.1) is 14.2 Å². The molecular formula is C14H17NO3. The third kappa shape index (κ3) is 3.26. The number of carbonyl (C=O) groups is 1. The van der Waals surface area contributed by atoms with Gasteiger partial charge >= 0.3 is 0 Å². The fourth-order valence-electron chi connectivity index (χ4n) is 1.61. The first-order valence-electron chi connectivity index (χ1n) is 5.93. The van der Waals surface area contributed by atoms with E-state index in [1.165, 1.54) is 0 Å². The summed E-state index contributed by atoms with van der Waals surface area (Å²) in [5.74, 6) is 1.28. The third-order valence-corrected chi connectivity index (χ3v) is 2.76. The van der Waals surface area contributed by atoms with Crippen LogP contribution >= 0.6 is 0 Å². The summed E-state index contributed by atoms with van der Waals surface area (Å²) in [5, 5.41) is 2.89. The quantitative estimate of drug-likeness (QED) is 0.809. The minimum atomic E-state index is -0.0488. The standard InChI is InChI=1S/C14H17NO3/c1-17-12-7-3-10(9-13(12)18-2)4-8-14(16)15-11-5-6-11/h3-4,7-9,11H,5-6H2,1-2H3,(H,15,16). The maximum atomic E-state index is 11.5. The largest absolute Gasteiger partial charge is 0.493 e. The molecule has 2 rings (SSSR count). The first-order valence-corrected chi connectivity index (χ1v) is 5.93. The molecule has 18 heavy (non-hydrogen) atoms. The average Bonchev–Trinajstić information content (AvgIpc) is 3.19. The van der Waals surface area contributed by atoms with E-state index in [9.17, 15) is 4.79 Å². The van der Waals surface area contributed by atoms with Gasteiger partial charge in [-0.05, 0) is 36.6 Å². The van der Waals surface area contributed by atoms with E-state index in [2.05, 4.69) is 5.32 Å². The second kappa shape index (κ2) is 5.58. The Hall–Kier alpha value is -1.97. The third-order valence-electron chi connectivity index (χ3n) is 2.76. The SMILES string of the molecule is COc1ccc(C=CC(=O)NC2CC2)cc1OC. The minimum Gasteiger partial charge on any atom is -0.493 e. The summed E-state index contributed by atoms with van der Waals surface area (Å²) >= 11 is 0. The lowest BCUT2D eigenvalue weighted by atomic mass is 10.2. The van der Waals surface area contributed by atoms with Crippen molar-refractivity contribution in [3.8, 4) is 11.5 Å². The first-order chi connectivity index (χ1) is 8.72. The Morgan fingerprint density at radius 3 is 2.61 bits per heavy atom. The maximum absolute atomic E-state index is 11.5. The van der Waals surface area contributed by atoms with Gasteiger partial charge in [-0.15, -0.1) is 0 Å². The topological polar surface area (TPSA) is 47.6 Å². The second-order valence-electron chi connectivity index (χ2n) is 4.23. The van der Waals surface area contributed by atoms with Crippen LogP contribution < -0.4 is 14.8 Å². The highest BCUT2D eigenvalue weighted by Crippen LogP contribution is 2.27. The van der Waals surface area contributed by atoms with E-state index in [0.717, 1.165) is 18.4 Å². The number of rotatable bonds is 5. The molecule has 1 aliphatic rings. The Morgan fingerprint density at radius 1 is 1.28 bits per heavy atom. The van der Waals surface area contributed by atoms with Crippen molar-refractivity contribution in [1.82, 2.24) is 5.32 Å². The molecule has 0 radical (unpaired) electrons. The zero-order valence-corrected chi connectivity index (χ0v) is 10.6. The number of benzene rings is 1. The molecule has 0 unspecified atom stereocenters. The van der Waals surface area contributed by atoms with E-state index < -0.39 is 0 Å². The molecule has 0 aliphatic heterocycles. The van der Waals surface area contributed by atoms with Gasteiger partial charge in [0, 0.05) is 12.1 Å². The Labute approximate surface area is 107 Å². The van der Waals surface area contributed by atoms with Crippen LogP contribution in [0.4, 0.5) is 0 Å². The van der Waals surface area contributed by atoms with Gasteiger partial charge in [0.25, 0.3) is 0 Å². The number of ether oxygens (including phenoxy) is 2. The van der Waals surface area contributed by atoms with Gasteiger partial charge in [-0.2, -0.15) is 0 Å². The molecule has 0 spiro atoms. The second-order valence-corrected chi connectivity index (χ2v) is 4.23. The van der Waals surface area contributed by atoms with Crippen LogP contribution in [0.25, 0.3) is 6.08 Å². The molecule has 0 atom stereocenters. The molecule has 1 N–H and O–H groups in total. The molecule has 0 bridgehead atoms. The number of nitrogens with one attached hydrogen (secondary N) is 1. The van der Waals surface area contributed by atoms with Gasteiger partial charge in [-0.3, -0.25) is 4.79 Å². The fraction of sp³-hybridized carbons (Fsp3) is 0.357. The predicted molar refractivity (Wildman–Crippen MR) is 69.7 cm³/mol. The monoisotopic (exact) mass is 247 g/mol. The summed E-state index contributed by atoms with van der Waals surface area (Å²) in [6.45, 7) is 0. The highest BCUT2D eigenvalue weighted by Gasteiger charge is 2.21. The molecule has 4 heteroatoms. The van der Waals surface area contributed by atoms with E-state index in [-0.39, 0.29) is 5.91 Å². The van der Waals surface area contributed by atoms with Crippen LogP contribution in [0.3, 0.4) is 0 Å². The molecule has 1 fully saturated rings. The summed E-state index contributed by atoms with van der Waals surface area (Å²) in [7, 11) is 3.18. The normalized spacial score (nSPS) is 14.6. The van der Waals surface area contributed by atoms with E-state index >= 15 is 0 Å². The number of methoxy groups -OCH3 is 2. The molecule has 1 aliphatic carbocycles. The van der Waals surface area contributed by atoms with Gasteiger partial charge in [0.2, 0.25) is 5.91 Å². The van der Waals surface area contributed by atoms with Crippen molar-refractivity contribution in [1.29, 1.82) is 0 Å². The highest BCUT2D eigenvalue weighted by molar-refractivity contribution is 5.92. The number of carbonyl (C=O) groups excluding carboxylic acids is 1. The molecular weight excluding hydrogens is 230 g/mol. The molecule has 4 nitrogen and oxygen atoms in total. The summed E-state index contributed by atoms with van der Waals surface area (Å²) in [4.78, 5) is 11.5. The van der Waals surface area contributed by atoms with Gasteiger partial charge < -0.3 is 14.8 Å². The lowest BCUT2D eigenvalue weighted by Gasteiger charge is -2.07. The molecule has 1 aromatic rings. The van der Waals surface area contributed by atoms with Crippen molar-refractivity contribution in [2.24, 2.45) is 0 Å². The van der Waals surface area contributed by atoms with Crippen LogP contribution in [0, 0.1) is 0 Å². The van der Waals surface area contributed by atoms with Crippen molar-refractivity contribution in [2.75, 3.05) is 14.2 Å². The zero-order chi connectivity index (χ0) is 13.0. The van der Waals surface area contributed by atoms with E-state index in [4.69, 9.17) is 9.47 Å². The van der Waals surface area contributed by atoms with Crippen LogP contribution in [0.5, 0.6) is 11.5 Å². The number of amides is 1. The maximum Gasteiger partial charge on any atom is 0.244 e. The van der Waals surface area contributed by atoms with E-state index in [1.807, 2.05) is 18.2 Å². The van der Waals surface area contributed by atoms with Gasteiger partial charge in [-0.1, -0.05) is 6.07 Å². The number of hydrogen-bond acceptors (Lipinski definition) is 3. The molecule has 0 heterocycles. The van der Waals surface area contributed by atoms with Crippen molar-refractivity contribution in [3.63, 3.8) is 0 Å². The smallest absolute Gasteiger partial charge is 0.244 e. The lowest BCUT2D eigenvalue weighted by molar-refractivity contribution is -0.116. The Balaban J connectivity index is 2.03. The molecule has 0 saturated heterocycles. The van der Waals surface area contributed by atoms with Crippen LogP contribution in [0.1, 0.15) is 18.4 Å². The lowest BCUT2D eigenvalue weighted by Crippen LogP contribution is -2.22. The van der Waals surface area contributed by atoms with Crippen LogP contribution in [-0.4, -0.2) is 26.2 Å². The van der Waals surface area contributed by atoms with Crippen molar-refractivity contribution in [3.05, 3.63) is 29.8 Å². The average molecular weight is 247 g/mol. The first kappa shape index (κ1) is 12.5. The van der Waals surface area contributed by atoms with Crippen molar-refractivity contribution >= 4 is 12.0 Å². The van der Waals surface area contributed by atoms with E-state index in [0.29, 0.717) is 17.5 Å². The summed E-state index contributed by atoms with van der Waals surface area (Å²) in [6.07, 6.45) is 5.49. The number of hydrogen-bond donors (Lipinski definition) is 1. The molecule has 1 aromatic carbocycles. The Bertz CT molecular complexity index is 464. The van der Waals surface area contributed by atoms with Crippen LogP contribution in [0.2, 0.25) is 0 Å². The summed E-state index contributed by atoms with van der Waals surface area (Å²) in [5.41, 5.74) is 0.901. The zero-order valence-electron chi connectivity index (χ0n) is 10.6. The Morgan fingerprint density at radius 2 is 2.00 bits per heavy atom. The van der Waals surface area contributed by atoms with Gasteiger partial charge in [0.1, 0.15) is 0 Å². The van der Waals surface area contributed by atoms with Crippen molar-refractivity contribution in [2.45, 2.75) is 18.9 Å². The minimum absolute atomic E-state index is 0.0488. The van der Waals surface area contributed by atoms with Crippen LogP contribution in [0.15, 0.2) is 24.3 Å².